The first kappa shape index (κ1) is 16.4. The van der Waals surface area contributed by atoms with Crippen LogP contribution in [-0.2, 0) is 21.5 Å². The first-order chi connectivity index (χ1) is 10.3. The summed E-state index contributed by atoms with van der Waals surface area (Å²) >= 11 is 0. The van der Waals surface area contributed by atoms with E-state index >= 15 is 0 Å². The smallest absolute Gasteiger partial charge is 0.226 e. The lowest BCUT2D eigenvalue weighted by Gasteiger charge is -2.33. The molecule has 0 spiro atoms. The van der Waals surface area contributed by atoms with Gasteiger partial charge in [0.1, 0.15) is 5.60 Å². The van der Waals surface area contributed by atoms with E-state index in [9.17, 15) is 0 Å². The molecule has 2 rings (SSSR count). The molecule has 120 valence electrons. The summed E-state index contributed by atoms with van der Waals surface area (Å²) in [6.45, 7) is 4.77. The summed E-state index contributed by atoms with van der Waals surface area (Å²) in [6, 6.07) is 0. The van der Waals surface area contributed by atoms with E-state index in [4.69, 9.17) is 19.7 Å². The highest BCUT2D eigenvalue weighted by Crippen LogP contribution is 2.34. The molecular formula is C15H27N3O3. The van der Waals surface area contributed by atoms with Gasteiger partial charge >= 0.3 is 0 Å². The quantitative estimate of drug-likeness (QED) is 0.703. The molecule has 0 aliphatic carbocycles. The molecule has 2 heterocycles. The number of aryl methyl sites for hydroxylation is 1. The van der Waals surface area contributed by atoms with E-state index in [-0.39, 0.29) is 0 Å². The molecule has 21 heavy (non-hydrogen) atoms. The first-order valence-electron chi connectivity index (χ1n) is 8.05. The maximum atomic E-state index is 5.95. The third kappa shape index (κ3) is 4.49. The Kier molecular flexibility index (Phi) is 6.60. The predicted molar refractivity (Wildman–Crippen MR) is 78.9 cm³/mol. The Morgan fingerprint density at radius 1 is 1.19 bits per heavy atom. The average molecular weight is 297 g/mol. The van der Waals surface area contributed by atoms with Gasteiger partial charge in [-0.1, -0.05) is 18.0 Å². The van der Waals surface area contributed by atoms with E-state index in [1.54, 1.807) is 0 Å². The average Bonchev–Trinajstić information content (AvgIpc) is 2.98. The van der Waals surface area contributed by atoms with Gasteiger partial charge in [0, 0.05) is 39.1 Å². The minimum absolute atomic E-state index is 0.422. The lowest BCUT2D eigenvalue weighted by atomic mass is 9.93. The molecule has 0 unspecified atom stereocenters. The minimum atomic E-state index is -0.422. The third-order valence-electron chi connectivity index (χ3n) is 3.94. The van der Waals surface area contributed by atoms with Crippen LogP contribution in [0.2, 0.25) is 0 Å². The maximum Gasteiger partial charge on any atom is 0.226 e. The molecular weight excluding hydrogens is 270 g/mol. The van der Waals surface area contributed by atoms with E-state index in [1.165, 1.54) is 0 Å². The molecule has 1 aromatic heterocycles. The summed E-state index contributed by atoms with van der Waals surface area (Å²) in [5.41, 5.74) is 5.06. The van der Waals surface area contributed by atoms with E-state index in [0.29, 0.717) is 31.5 Å². The highest BCUT2D eigenvalue weighted by molar-refractivity contribution is 5.03. The molecule has 1 aromatic rings. The second-order valence-electron chi connectivity index (χ2n) is 5.50. The molecule has 1 fully saturated rings. The van der Waals surface area contributed by atoms with Crippen LogP contribution in [0, 0.1) is 0 Å². The Balaban J connectivity index is 1.90. The highest BCUT2D eigenvalue weighted by Gasteiger charge is 2.39. The Labute approximate surface area is 126 Å². The van der Waals surface area contributed by atoms with Gasteiger partial charge in [0.05, 0.1) is 0 Å². The highest BCUT2D eigenvalue weighted by atomic mass is 16.5. The van der Waals surface area contributed by atoms with Crippen molar-refractivity contribution in [2.24, 2.45) is 5.73 Å². The summed E-state index contributed by atoms with van der Waals surface area (Å²) in [7, 11) is 0. The van der Waals surface area contributed by atoms with Gasteiger partial charge in [-0.25, -0.2) is 0 Å². The van der Waals surface area contributed by atoms with Gasteiger partial charge in [0.2, 0.25) is 11.7 Å². The van der Waals surface area contributed by atoms with Crippen LogP contribution in [0.5, 0.6) is 0 Å². The van der Waals surface area contributed by atoms with Crippen molar-refractivity contribution >= 4 is 0 Å². The van der Waals surface area contributed by atoms with Crippen LogP contribution in [0.25, 0.3) is 0 Å². The third-order valence-corrected chi connectivity index (χ3v) is 3.94. The number of hydrogen-bond donors (Lipinski definition) is 1. The fraction of sp³-hybridized carbons (Fsp3) is 0.867. The maximum absolute atomic E-state index is 5.95. The van der Waals surface area contributed by atoms with E-state index in [2.05, 4.69) is 10.1 Å². The standard InChI is InChI=1S/C15H27N3O3/c1-2-20-15(8-11-19-12-9-15)14-17-13(21-18-14)7-5-3-4-6-10-16/h2-12,16H2,1H3. The first-order valence-corrected chi connectivity index (χ1v) is 8.05. The van der Waals surface area contributed by atoms with Crippen LogP contribution >= 0.6 is 0 Å². The Morgan fingerprint density at radius 2 is 1.95 bits per heavy atom. The van der Waals surface area contributed by atoms with Crippen molar-refractivity contribution in [3.63, 3.8) is 0 Å². The lowest BCUT2D eigenvalue weighted by Crippen LogP contribution is -2.37. The number of nitrogens with two attached hydrogens (primary N) is 1. The monoisotopic (exact) mass is 297 g/mol. The summed E-state index contributed by atoms with van der Waals surface area (Å²) in [4.78, 5) is 4.56. The topological polar surface area (TPSA) is 83.4 Å². The van der Waals surface area contributed by atoms with Crippen molar-refractivity contribution in [1.29, 1.82) is 0 Å². The Morgan fingerprint density at radius 3 is 2.67 bits per heavy atom. The van der Waals surface area contributed by atoms with Crippen LogP contribution in [0.3, 0.4) is 0 Å². The summed E-state index contributed by atoms with van der Waals surface area (Å²) in [5, 5.41) is 4.16. The molecule has 0 radical (unpaired) electrons. The van der Waals surface area contributed by atoms with Gasteiger partial charge in [-0.3, -0.25) is 0 Å². The van der Waals surface area contributed by atoms with E-state index in [1.807, 2.05) is 6.92 Å². The summed E-state index contributed by atoms with van der Waals surface area (Å²) in [6.07, 6.45) is 6.87. The van der Waals surface area contributed by atoms with Crippen LogP contribution in [0.15, 0.2) is 4.52 Å². The molecule has 0 atom stereocenters. The Hall–Kier alpha value is -0.980. The number of unbranched alkanes of at least 4 members (excludes halogenated alkanes) is 3. The fourth-order valence-electron chi connectivity index (χ4n) is 2.73. The van der Waals surface area contributed by atoms with Gasteiger partial charge in [-0.15, -0.1) is 0 Å². The van der Waals surface area contributed by atoms with Crippen LogP contribution in [-0.4, -0.2) is 36.5 Å². The largest absolute Gasteiger partial charge is 0.381 e. The molecule has 0 saturated carbocycles. The second-order valence-corrected chi connectivity index (χ2v) is 5.50. The number of nitrogens with zero attached hydrogens (tertiary/aromatic N) is 2. The fourth-order valence-corrected chi connectivity index (χ4v) is 2.73. The summed E-state index contributed by atoms with van der Waals surface area (Å²) < 4.78 is 16.8. The predicted octanol–water partition coefficient (Wildman–Crippen LogP) is 2.17. The molecule has 0 amide bonds. The number of aromatic nitrogens is 2. The molecule has 1 saturated heterocycles. The molecule has 0 bridgehead atoms. The molecule has 6 heteroatoms. The van der Waals surface area contributed by atoms with E-state index < -0.39 is 5.60 Å². The van der Waals surface area contributed by atoms with Crippen LogP contribution in [0.1, 0.15) is 57.2 Å². The van der Waals surface area contributed by atoms with Gasteiger partial charge in [-0.05, 0) is 26.3 Å². The number of rotatable bonds is 9. The normalized spacial score (nSPS) is 18.0. The van der Waals surface area contributed by atoms with Crippen molar-refractivity contribution in [3.8, 4) is 0 Å². The minimum Gasteiger partial charge on any atom is -0.381 e. The van der Waals surface area contributed by atoms with Crippen LogP contribution in [0.4, 0.5) is 0 Å². The second kappa shape index (κ2) is 8.46. The lowest BCUT2D eigenvalue weighted by molar-refractivity contribution is -0.118. The van der Waals surface area contributed by atoms with Gasteiger partial charge in [0.15, 0.2) is 0 Å². The molecule has 0 aromatic carbocycles. The SMILES string of the molecule is CCOC1(c2noc(CCCCCCN)n2)CCOCC1. The number of hydrogen-bond acceptors (Lipinski definition) is 6. The van der Waals surface area contributed by atoms with Crippen molar-refractivity contribution in [1.82, 2.24) is 10.1 Å². The van der Waals surface area contributed by atoms with Gasteiger partial charge < -0.3 is 19.7 Å². The zero-order valence-corrected chi connectivity index (χ0v) is 13.0. The van der Waals surface area contributed by atoms with Crippen LogP contribution < -0.4 is 5.73 Å². The number of ether oxygens (including phenoxy) is 2. The van der Waals surface area contributed by atoms with Crippen molar-refractivity contribution in [2.75, 3.05) is 26.4 Å². The van der Waals surface area contributed by atoms with Gasteiger partial charge in [0.25, 0.3) is 0 Å². The van der Waals surface area contributed by atoms with Crippen molar-refractivity contribution in [3.05, 3.63) is 11.7 Å². The summed E-state index contributed by atoms with van der Waals surface area (Å²) in [5.74, 6) is 1.40. The zero-order chi connectivity index (χ0) is 15.0. The van der Waals surface area contributed by atoms with E-state index in [0.717, 1.165) is 51.5 Å². The molecule has 2 N–H and O–H groups in total. The zero-order valence-electron chi connectivity index (χ0n) is 13.0. The van der Waals surface area contributed by atoms with Crippen molar-refractivity contribution < 1.29 is 14.0 Å². The van der Waals surface area contributed by atoms with Gasteiger partial charge in [-0.2, -0.15) is 4.98 Å². The molecule has 1 aliphatic heterocycles. The molecule has 6 nitrogen and oxygen atoms in total. The van der Waals surface area contributed by atoms with Crippen molar-refractivity contribution in [2.45, 2.75) is 57.5 Å². The molecule has 1 aliphatic rings. The Bertz CT molecular complexity index is 397.